The summed E-state index contributed by atoms with van der Waals surface area (Å²) in [7, 11) is 0. The van der Waals surface area contributed by atoms with Crippen molar-refractivity contribution in [1.82, 2.24) is 10.2 Å². The zero-order chi connectivity index (χ0) is 13.8. The van der Waals surface area contributed by atoms with E-state index in [4.69, 9.17) is 10.2 Å². The van der Waals surface area contributed by atoms with Gasteiger partial charge in [-0.2, -0.15) is 0 Å². The van der Waals surface area contributed by atoms with Crippen LogP contribution in [0.3, 0.4) is 0 Å². The number of rotatable bonds is 4. The standard InChI is InChI=1S/C16H21N3O/c17-14(11-12-7-3-1-4-8-12)16-19-18-15(20-16)13-9-5-2-6-10-13/h1,3-4,7-8,13-14H,2,5-6,9-11,17H2. The average molecular weight is 271 g/mol. The van der Waals surface area contributed by atoms with Crippen LogP contribution in [0, 0.1) is 0 Å². The smallest absolute Gasteiger partial charge is 0.233 e. The van der Waals surface area contributed by atoms with E-state index in [2.05, 4.69) is 22.3 Å². The second kappa shape index (κ2) is 6.18. The minimum atomic E-state index is -0.220. The van der Waals surface area contributed by atoms with E-state index in [-0.39, 0.29) is 6.04 Å². The van der Waals surface area contributed by atoms with Crippen LogP contribution in [0.15, 0.2) is 34.7 Å². The van der Waals surface area contributed by atoms with Crippen LogP contribution in [0.25, 0.3) is 0 Å². The second-order valence-electron chi connectivity index (χ2n) is 5.61. The summed E-state index contributed by atoms with van der Waals surface area (Å²) in [5, 5.41) is 8.35. The molecule has 0 radical (unpaired) electrons. The highest BCUT2D eigenvalue weighted by atomic mass is 16.4. The summed E-state index contributed by atoms with van der Waals surface area (Å²) in [5.74, 6) is 1.78. The Morgan fingerprint density at radius 2 is 1.85 bits per heavy atom. The number of benzene rings is 1. The molecule has 1 atom stereocenters. The van der Waals surface area contributed by atoms with E-state index in [1.807, 2.05) is 18.2 Å². The summed E-state index contributed by atoms with van der Waals surface area (Å²) in [4.78, 5) is 0. The van der Waals surface area contributed by atoms with Crippen molar-refractivity contribution in [3.05, 3.63) is 47.7 Å². The van der Waals surface area contributed by atoms with Gasteiger partial charge in [0.1, 0.15) is 0 Å². The first-order valence-corrected chi connectivity index (χ1v) is 7.46. The molecule has 0 saturated heterocycles. The molecule has 1 aliphatic rings. The molecule has 2 N–H and O–H groups in total. The van der Waals surface area contributed by atoms with Crippen LogP contribution in [-0.4, -0.2) is 10.2 Å². The lowest BCUT2D eigenvalue weighted by atomic mass is 9.89. The zero-order valence-electron chi connectivity index (χ0n) is 11.7. The van der Waals surface area contributed by atoms with Gasteiger partial charge in [-0.25, -0.2) is 0 Å². The molecule has 106 valence electrons. The van der Waals surface area contributed by atoms with Gasteiger partial charge in [-0.3, -0.25) is 0 Å². The number of hydrogen-bond acceptors (Lipinski definition) is 4. The van der Waals surface area contributed by atoms with Crippen molar-refractivity contribution in [2.75, 3.05) is 0 Å². The molecule has 1 heterocycles. The normalized spacial score (nSPS) is 18.1. The molecule has 4 heteroatoms. The lowest BCUT2D eigenvalue weighted by molar-refractivity contribution is 0.341. The molecule has 1 aromatic heterocycles. The lowest BCUT2D eigenvalue weighted by Crippen LogP contribution is -2.13. The van der Waals surface area contributed by atoms with Crippen molar-refractivity contribution >= 4 is 0 Å². The molecule has 1 aliphatic carbocycles. The summed E-state index contributed by atoms with van der Waals surface area (Å²) in [6, 6.07) is 9.95. The molecule has 4 nitrogen and oxygen atoms in total. The van der Waals surface area contributed by atoms with Crippen molar-refractivity contribution in [2.24, 2.45) is 5.73 Å². The molecule has 1 fully saturated rings. The molecule has 0 spiro atoms. The molecule has 1 aromatic carbocycles. The van der Waals surface area contributed by atoms with E-state index in [9.17, 15) is 0 Å². The van der Waals surface area contributed by atoms with Crippen molar-refractivity contribution in [2.45, 2.75) is 50.5 Å². The maximum Gasteiger partial charge on any atom is 0.233 e. The van der Waals surface area contributed by atoms with Gasteiger partial charge in [-0.05, 0) is 24.8 Å². The van der Waals surface area contributed by atoms with Gasteiger partial charge in [0.2, 0.25) is 11.8 Å². The van der Waals surface area contributed by atoms with Gasteiger partial charge in [0.25, 0.3) is 0 Å². The predicted molar refractivity (Wildman–Crippen MR) is 77.2 cm³/mol. The van der Waals surface area contributed by atoms with Crippen LogP contribution in [0.2, 0.25) is 0 Å². The molecule has 0 amide bonds. The molecule has 1 unspecified atom stereocenters. The fourth-order valence-corrected chi connectivity index (χ4v) is 2.87. The largest absolute Gasteiger partial charge is 0.423 e. The number of hydrogen-bond donors (Lipinski definition) is 1. The summed E-state index contributed by atoms with van der Waals surface area (Å²) in [6.07, 6.45) is 6.90. The Morgan fingerprint density at radius 3 is 2.60 bits per heavy atom. The molecule has 20 heavy (non-hydrogen) atoms. The van der Waals surface area contributed by atoms with Crippen molar-refractivity contribution in [1.29, 1.82) is 0 Å². The SMILES string of the molecule is NC(Cc1ccccc1)c1nnc(C2CCCCC2)o1. The van der Waals surface area contributed by atoms with E-state index >= 15 is 0 Å². The first-order chi connectivity index (χ1) is 9.83. The molecule has 1 saturated carbocycles. The van der Waals surface area contributed by atoms with Crippen LogP contribution in [0.5, 0.6) is 0 Å². The Kier molecular flexibility index (Phi) is 4.11. The van der Waals surface area contributed by atoms with Gasteiger partial charge in [-0.1, -0.05) is 49.6 Å². The minimum absolute atomic E-state index is 0.220. The lowest BCUT2D eigenvalue weighted by Gasteiger charge is -2.17. The molecule has 0 aliphatic heterocycles. The third-order valence-corrected chi connectivity index (χ3v) is 4.03. The maximum atomic E-state index is 6.17. The Morgan fingerprint density at radius 1 is 1.10 bits per heavy atom. The van der Waals surface area contributed by atoms with E-state index < -0.39 is 0 Å². The molecular formula is C16H21N3O. The molecule has 3 rings (SSSR count). The van der Waals surface area contributed by atoms with E-state index in [1.54, 1.807) is 0 Å². The Hall–Kier alpha value is -1.68. The summed E-state index contributed by atoms with van der Waals surface area (Å²) in [6.45, 7) is 0. The van der Waals surface area contributed by atoms with Crippen LogP contribution < -0.4 is 5.73 Å². The number of nitrogens with two attached hydrogens (primary N) is 1. The molecule has 2 aromatic rings. The quantitative estimate of drug-likeness (QED) is 0.926. The summed E-state index contributed by atoms with van der Waals surface area (Å²) in [5.41, 5.74) is 7.37. The highest BCUT2D eigenvalue weighted by Gasteiger charge is 2.23. The topological polar surface area (TPSA) is 64.9 Å². The maximum absolute atomic E-state index is 6.17. The van der Waals surface area contributed by atoms with Gasteiger partial charge in [0, 0.05) is 5.92 Å². The van der Waals surface area contributed by atoms with Crippen LogP contribution in [0.4, 0.5) is 0 Å². The van der Waals surface area contributed by atoms with Gasteiger partial charge in [0.05, 0.1) is 6.04 Å². The van der Waals surface area contributed by atoms with Gasteiger partial charge in [0.15, 0.2) is 0 Å². The van der Waals surface area contributed by atoms with Gasteiger partial charge >= 0.3 is 0 Å². The zero-order valence-corrected chi connectivity index (χ0v) is 11.7. The van der Waals surface area contributed by atoms with E-state index in [1.165, 1.54) is 24.8 Å². The average Bonchev–Trinajstić information content (AvgIpc) is 2.99. The fourth-order valence-electron chi connectivity index (χ4n) is 2.87. The minimum Gasteiger partial charge on any atom is -0.423 e. The Labute approximate surface area is 119 Å². The molecule has 0 bridgehead atoms. The number of nitrogens with zero attached hydrogens (tertiary/aromatic N) is 2. The van der Waals surface area contributed by atoms with Crippen molar-refractivity contribution in [3.8, 4) is 0 Å². The third kappa shape index (κ3) is 3.07. The fraction of sp³-hybridized carbons (Fsp3) is 0.500. The van der Waals surface area contributed by atoms with Crippen molar-refractivity contribution in [3.63, 3.8) is 0 Å². The first kappa shape index (κ1) is 13.3. The highest BCUT2D eigenvalue weighted by Crippen LogP contribution is 2.32. The predicted octanol–water partition coefficient (Wildman–Crippen LogP) is 3.36. The monoisotopic (exact) mass is 271 g/mol. The second-order valence-corrected chi connectivity index (χ2v) is 5.61. The highest BCUT2D eigenvalue weighted by molar-refractivity contribution is 5.16. The summed E-state index contributed by atoms with van der Waals surface area (Å²) >= 11 is 0. The molecular weight excluding hydrogens is 250 g/mol. The van der Waals surface area contributed by atoms with Gasteiger partial charge in [-0.15, -0.1) is 10.2 Å². The van der Waals surface area contributed by atoms with Gasteiger partial charge < -0.3 is 10.2 Å². The van der Waals surface area contributed by atoms with E-state index in [0.29, 0.717) is 11.8 Å². The van der Waals surface area contributed by atoms with Crippen molar-refractivity contribution < 1.29 is 4.42 Å². The van der Waals surface area contributed by atoms with Crippen LogP contribution in [-0.2, 0) is 6.42 Å². The Bertz CT molecular complexity index is 532. The Balaban J connectivity index is 1.66. The third-order valence-electron chi connectivity index (χ3n) is 4.03. The van der Waals surface area contributed by atoms with Crippen LogP contribution >= 0.6 is 0 Å². The summed E-state index contributed by atoms with van der Waals surface area (Å²) < 4.78 is 5.81. The first-order valence-electron chi connectivity index (χ1n) is 7.46. The number of aromatic nitrogens is 2. The van der Waals surface area contributed by atoms with Crippen LogP contribution in [0.1, 0.15) is 61.4 Å². The van der Waals surface area contributed by atoms with E-state index in [0.717, 1.165) is 25.2 Å².